The van der Waals surface area contributed by atoms with Gasteiger partial charge in [-0.25, -0.2) is 9.97 Å². The lowest BCUT2D eigenvalue weighted by Crippen LogP contribution is -2.23. The van der Waals surface area contributed by atoms with Crippen molar-refractivity contribution in [2.24, 2.45) is 0 Å². The van der Waals surface area contributed by atoms with Gasteiger partial charge in [-0.2, -0.15) is 0 Å². The van der Waals surface area contributed by atoms with Gasteiger partial charge in [-0.05, 0) is 31.5 Å². The van der Waals surface area contributed by atoms with Gasteiger partial charge in [0.2, 0.25) is 5.95 Å². The standard InChI is InChI=1S/C17H24N4/c1-12(2)18-10-15-11-19-17(20-14(15)4)21(5)16-8-6-7-13(3)9-16/h6-9,11-12,18H,10H2,1-5H3. The Labute approximate surface area is 127 Å². The van der Waals surface area contributed by atoms with Crippen molar-refractivity contribution in [2.45, 2.75) is 40.3 Å². The van der Waals surface area contributed by atoms with Crippen LogP contribution in [0.25, 0.3) is 0 Å². The van der Waals surface area contributed by atoms with Crippen molar-refractivity contribution in [2.75, 3.05) is 11.9 Å². The molecule has 2 aromatic rings. The molecule has 1 aromatic carbocycles. The van der Waals surface area contributed by atoms with Gasteiger partial charge in [0.05, 0.1) is 0 Å². The zero-order valence-corrected chi connectivity index (χ0v) is 13.5. The summed E-state index contributed by atoms with van der Waals surface area (Å²) >= 11 is 0. The summed E-state index contributed by atoms with van der Waals surface area (Å²) in [5.74, 6) is 0.728. The van der Waals surface area contributed by atoms with Crippen LogP contribution >= 0.6 is 0 Å². The van der Waals surface area contributed by atoms with E-state index in [9.17, 15) is 0 Å². The highest BCUT2D eigenvalue weighted by Gasteiger charge is 2.09. The number of nitrogens with one attached hydrogen (secondary N) is 1. The topological polar surface area (TPSA) is 41.1 Å². The normalized spacial score (nSPS) is 11.0. The van der Waals surface area contributed by atoms with Gasteiger partial charge in [-0.15, -0.1) is 0 Å². The number of benzene rings is 1. The first kappa shape index (κ1) is 15.4. The first-order valence-corrected chi connectivity index (χ1v) is 7.33. The molecule has 0 saturated carbocycles. The highest BCUT2D eigenvalue weighted by molar-refractivity contribution is 5.57. The Balaban J connectivity index is 2.19. The van der Waals surface area contributed by atoms with Crippen LogP contribution in [0.1, 0.15) is 30.7 Å². The van der Waals surface area contributed by atoms with Crippen molar-refractivity contribution in [3.8, 4) is 0 Å². The molecule has 0 amide bonds. The predicted molar refractivity (Wildman–Crippen MR) is 88.0 cm³/mol. The number of aryl methyl sites for hydroxylation is 2. The van der Waals surface area contributed by atoms with E-state index in [2.05, 4.69) is 60.3 Å². The molecule has 4 heteroatoms. The van der Waals surface area contributed by atoms with Crippen molar-refractivity contribution < 1.29 is 0 Å². The fourth-order valence-corrected chi connectivity index (χ4v) is 2.08. The van der Waals surface area contributed by atoms with E-state index in [1.807, 2.05) is 25.1 Å². The van der Waals surface area contributed by atoms with Gasteiger partial charge >= 0.3 is 0 Å². The van der Waals surface area contributed by atoms with Crippen LogP contribution in [-0.4, -0.2) is 23.1 Å². The maximum absolute atomic E-state index is 4.63. The van der Waals surface area contributed by atoms with Crippen LogP contribution in [0.5, 0.6) is 0 Å². The molecule has 0 fully saturated rings. The quantitative estimate of drug-likeness (QED) is 0.914. The van der Waals surface area contributed by atoms with Crippen LogP contribution in [0, 0.1) is 13.8 Å². The van der Waals surface area contributed by atoms with E-state index in [-0.39, 0.29) is 0 Å². The van der Waals surface area contributed by atoms with Crippen LogP contribution < -0.4 is 10.2 Å². The lowest BCUT2D eigenvalue weighted by Gasteiger charge is -2.19. The fourth-order valence-electron chi connectivity index (χ4n) is 2.08. The molecule has 0 aliphatic heterocycles. The Morgan fingerprint density at radius 1 is 1.24 bits per heavy atom. The van der Waals surface area contributed by atoms with Gasteiger partial charge in [-0.1, -0.05) is 26.0 Å². The Kier molecular flexibility index (Phi) is 4.91. The maximum Gasteiger partial charge on any atom is 0.229 e. The first-order chi connectivity index (χ1) is 9.97. The highest BCUT2D eigenvalue weighted by atomic mass is 15.2. The van der Waals surface area contributed by atoms with Crippen molar-refractivity contribution in [1.82, 2.24) is 15.3 Å². The summed E-state index contributed by atoms with van der Waals surface area (Å²) in [5.41, 5.74) is 4.49. The third-order valence-electron chi connectivity index (χ3n) is 3.46. The van der Waals surface area contributed by atoms with Crippen molar-refractivity contribution in [1.29, 1.82) is 0 Å². The zero-order valence-electron chi connectivity index (χ0n) is 13.5. The second-order valence-corrected chi connectivity index (χ2v) is 5.71. The molecule has 0 aliphatic rings. The molecule has 0 radical (unpaired) electrons. The van der Waals surface area contributed by atoms with Crippen LogP contribution in [0.2, 0.25) is 0 Å². The Morgan fingerprint density at radius 3 is 2.62 bits per heavy atom. The largest absolute Gasteiger partial charge is 0.314 e. The van der Waals surface area contributed by atoms with E-state index in [0.717, 1.165) is 29.4 Å². The molecule has 21 heavy (non-hydrogen) atoms. The minimum absolute atomic E-state index is 0.457. The van der Waals surface area contributed by atoms with E-state index in [0.29, 0.717) is 6.04 Å². The molecule has 4 nitrogen and oxygen atoms in total. The number of anilines is 2. The van der Waals surface area contributed by atoms with Gasteiger partial charge in [-0.3, -0.25) is 0 Å². The van der Waals surface area contributed by atoms with Gasteiger partial charge in [0.15, 0.2) is 0 Å². The molecule has 1 N–H and O–H groups in total. The minimum atomic E-state index is 0.457. The zero-order chi connectivity index (χ0) is 15.4. The fraction of sp³-hybridized carbons (Fsp3) is 0.412. The third-order valence-corrected chi connectivity index (χ3v) is 3.46. The van der Waals surface area contributed by atoms with E-state index in [4.69, 9.17) is 0 Å². The summed E-state index contributed by atoms with van der Waals surface area (Å²) < 4.78 is 0. The average molecular weight is 284 g/mol. The molecular formula is C17H24N4. The van der Waals surface area contributed by atoms with Gasteiger partial charge in [0.1, 0.15) is 0 Å². The molecule has 0 spiro atoms. The van der Waals surface area contributed by atoms with E-state index >= 15 is 0 Å². The molecule has 0 unspecified atom stereocenters. The Hall–Kier alpha value is -1.94. The molecular weight excluding hydrogens is 260 g/mol. The second kappa shape index (κ2) is 6.68. The molecule has 0 atom stereocenters. The summed E-state index contributed by atoms with van der Waals surface area (Å²) in [5, 5.41) is 3.40. The number of nitrogens with zero attached hydrogens (tertiary/aromatic N) is 3. The summed E-state index contributed by atoms with van der Waals surface area (Å²) in [6.45, 7) is 9.20. The lowest BCUT2D eigenvalue weighted by atomic mass is 10.2. The van der Waals surface area contributed by atoms with E-state index in [1.165, 1.54) is 5.56 Å². The third kappa shape index (κ3) is 4.02. The monoisotopic (exact) mass is 284 g/mol. The average Bonchev–Trinajstić information content (AvgIpc) is 2.45. The summed E-state index contributed by atoms with van der Waals surface area (Å²) in [6.07, 6.45) is 1.92. The maximum atomic E-state index is 4.63. The number of hydrogen-bond donors (Lipinski definition) is 1. The van der Waals surface area contributed by atoms with Crippen LogP contribution in [0.4, 0.5) is 11.6 Å². The summed E-state index contributed by atoms with van der Waals surface area (Å²) in [4.78, 5) is 11.1. The van der Waals surface area contributed by atoms with E-state index < -0.39 is 0 Å². The van der Waals surface area contributed by atoms with Gasteiger partial charge in [0, 0.05) is 42.8 Å². The van der Waals surface area contributed by atoms with Crippen molar-refractivity contribution in [3.63, 3.8) is 0 Å². The second-order valence-electron chi connectivity index (χ2n) is 5.71. The molecule has 0 aliphatic carbocycles. The first-order valence-electron chi connectivity index (χ1n) is 7.33. The Morgan fingerprint density at radius 2 is 2.00 bits per heavy atom. The minimum Gasteiger partial charge on any atom is -0.314 e. The molecule has 0 saturated heterocycles. The molecule has 1 heterocycles. The van der Waals surface area contributed by atoms with Crippen molar-refractivity contribution >= 4 is 11.6 Å². The van der Waals surface area contributed by atoms with Gasteiger partial charge in [0.25, 0.3) is 0 Å². The number of aromatic nitrogens is 2. The van der Waals surface area contributed by atoms with Crippen LogP contribution in [0.3, 0.4) is 0 Å². The SMILES string of the molecule is Cc1cccc(N(C)c2ncc(CNC(C)C)c(C)n2)c1. The molecule has 2 rings (SSSR count). The summed E-state index contributed by atoms with van der Waals surface area (Å²) in [7, 11) is 2.00. The smallest absolute Gasteiger partial charge is 0.229 e. The molecule has 1 aromatic heterocycles. The predicted octanol–water partition coefficient (Wildman–Crippen LogP) is 3.36. The Bertz CT molecular complexity index is 607. The van der Waals surface area contributed by atoms with Crippen molar-refractivity contribution in [3.05, 3.63) is 47.3 Å². The van der Waals surface area contributed by atoms with Gasteiger partial charge < -0.3 is 10.2 Å². The number of rotatable bonds is 5. The highest BCUT2D eigenvalue weighted by Crippen LogP contribution is 2.21. The summed E-state index contributed by atoms with van der Waals surface area (Å²) in [6, 6.07) is 8.80. The number of hydrogen-bond acceptors (Lipinski definition) is 4. The van der Waals surface area contributed by atoms with Crippen LogP contribution in [0.15, 0.2) is 30.5 Å². The van der Waals surface area contributed by atoms with E-state index in [1.54, 1.807) is 0 Å². The molecule has 0 bridgehead atoms. The molecule has 112 valence electrons. The van der Waals surface area contributed by atoms with Crippen LogP contribution in [-0.2, 0) is 6.54 Å². The lowest BCUT2D eigenvalue weighted by molar-refractivity contribution is 0.585.